The molecule has 0 aromatic heterocycles. The molecule has 0 radical (unpaired) electrons. The number of alkyl halides is 3. The van der Waals surface area contributed by atoms with Crippen LogP contribution in [0.5, 0.6) is 5.75 Å². The molecule has 21 heavy (non-hydrogen) atoms. The van der Waals surface area contributed by atoms with Crippen molar-refractivity contribution in [2.45, 2.75) is 11.1 Å². The van der Waals surface area contributed by atoms with Gasteiger partial charge in [-0.3, -0.25) is 4.79 Å². The molecule has 0 spiro atoms. The van der Waals surface area contributed by atoms with E-state index in [-0.39, 0.29) is 0 Å². The van der Waals surface area contributed by atoms with Crippen LogP contribution >= 0.6 is 0 Å². The van der Waals surface area contributed by atoms with Gasteiger partial charge in [0.05, 0.1) is 4.90 Å². The van der Waals surface area contributed by atoms with E-state index in [1.165, 1.54) is 5.32 Å². The van der Waals surface area contributed by atoms with E-state index in [1.54, 1.807) is 0 Å². The third kappa shape index (κ3) is 5.95. The van der Waals surface area contributed by atoms with Crippen LogP contribution in [-0.4, -0.2) is 33.7 Å². The first-order chi connectivity index (χ1) is 9.49. The Morgan fingerprint density at radius 2 is 1.95 bits per heavy atom. The van der Waals surface area contributed by atoms with Crippen molar-refractivity contribution in [2.24, 2.45) is 5.14 Å². The molecule has 11 heteroatoms. The zero-order valence-electron chi connectivity index (χ0n) is 10.3. The van der Waals surface area contributed by atoms with E-state index >= 15 is 0 Å². The Labute approximate surface area is 116 Å². The molecule has 0 unspecified atom stereocenters. The molecule has 0 fully saturated rings. The largest absolute Gasteiger partial charge is 0.481 e. The average molecular weight is 330 g/mol. The van der Waals surface area contributed by atoms with Gasteiger partial charge in [0, 0.05) is 0 Å². The molecule has 6 nitrogen and oxygen atoms in total. The highest BCUT2D eigenvalue weighted by Gasteiger charge is 2.27. The molecule has 0 atom stereocenters. The van der Waals surface area contributed by atoms with Crippen molar-refractivity contribution in [3.8, 4) is 5.75 Å². The number of carbonyl (C=O) groups is 1. The quantitative estimate of drug-likeness (QED) is 0.770. The molecule has 0 aliphatic heterocycles. The van der Waals surface area contributed by atoms with E-state index in [1.807, 2.05) is 0 Å². The highest BCUT2D eigenvalue weighted by Crippen LogP contribution is 2.20. The minimum absolute atomic E-state index is 0.496. The second-order valence-electron chi connectivity index (χ2n) is 3.82. The Kier molecular flexibility index (Phi) is 5.12. The number of benzene rings is 1. The fraction of sp³-hybridized carbons (Fsp3) is 0.300. The fourth-order valence-electron chi connectivity index (χ4n) is 1.17. The maximum atomic E-state index is 13.4. The Morgan fingerprint density at radius 3 is 2.43 bits per heavy atom. The van der Waals surface area contributed by atoms with Crippen molar-refractivity contribution in [3.05, 3.63) is 24.0 Å². The predicted molar refractivity (Wildman–Crippen MR) is 62.3 cm³/mol. The second-order valence-corrected chi connectivity index (χ2v) is 5.38. The number of sulfonamides is 1. The van der Waals surface area contributed by atoms with Gasteiger partial charge in [0.15, 0.2) is 18.2 Å². The molecule has 3 N–H and O–H groups in total. The van der Waals surface area contributed by atoms with Crippen molar-refractivity contribution in [1.29, 1.82) is 0 Å². The molecule has 1 aromatic rings. The van der Waals surface area contributed by atoms with Crippen LogP contribution < -0.4 is 15.2 Å². The van der Waals surface area contributed by atoms with Crippen LogP contribution in [0.15, 0.2) is 23.1 Å². The lowest BCUT2D eigenvalue weighted by Crippen LogP contribution is -2.36. The lowest BCUT2D eigenvalue weighted by molar-refractivity contribution is -0.139. The van der Waals surface area contributed by atoms with Crippen LogP contribution in [-0.2, 0) is 14.8 Å². The molecule has 1 amide bonds. The number of ether oxygens (including phenoxy) is 1. The first kappa shape index (κ1) is 17.2. The van der Waals surface area contributed by atoms with Gasteiger partial charge >= 0.3 is 6.18 Å². The van der Waals surface area contributed by atoms with Crippen LogP contribution in [0.4, 0.5) is 17.6 Å². The van der Waals surface area contributed by atoms with Crippen molar-refractivity contribution in [3.63, 3.8) is 0 Å². The summed E-state index contributed by atoms with van der Waals surface area (Å²) < 4.78 is 75.4. The number of halogens is 4. The third-order valence-corrected chi connectivity index (χ3v) is 2.99. The second kappa shape index (κ2) is 6.26. The standard InChI is InChI=1S/C10H10F4N2O4S/c11-7-3-6(21(15,18)19)1-2-8(7)20-4-9(17)16-5-10(12,13)14/h1-3H,4-5H2,(H,16,17)(H2,15,18,19). The number of primary sulfonamides is 1. The zero-order valence-corrected chi connectivity index (χ0v) is 11.1. The molecule has 1 rings (SSSR count). The van der Waals surface area contributed by atoms with E-state index in [2.05, 4.69) is 4.74 Å². The van der Waals surface area contributed by atoms with Crippen molar-refractivity contribution in [1.82, 2.24) is 5.32 Å². The zero-order chi connectivity index (χ0) is 16.3. The third-order valence-electron chi connectivity index (χ3n) is 2.08. The maximum Gasteiger partial charge on any atom is 0.405 e. The minimum atomic E-state index is -4.57. The van der Waals surface area contributed by atoms with Crippen molar-refractivity contribution >= 4 is 15.9 Å². The number of amides is 1. The highest BCUT2D eigenvalue weighted by molar-refractivity contribution is 7.89. The topological polar surface area (TPSA) is 98.5 Å². The van der Waals surface area contributed by atoms with Gasteiger partial charge in [0.2, 0.25) is 10.0 Å². The molecule has 1 aromatic carbocycles. The van der Waals surface area contributed by atoms with Gasteiger partial charge in [-0.2, -0.15) is 13.2 Å². The van der Waals surface area contributed by atoms with Gasteiger partial charge < -0.3 is 10.1 Å². The van der Waals surface area contributed by atoms with Gasteiger partial charge in [-0.25, -0.2) is 17.9 Å². The summed E-state index contributed by atoms with van der Waals surface area (Å²) in [6.07, 6.45) is -4.57. The van der Waals surface area contributed by atoms with Crippen LogP contribution in [0.25, 0.3) is 0 Å². The lowest BCUT2D eigenvalue weighted by atomic mass is 10.3. The van der Waals surface area contributed by atoms with Crippen LogP contribution in [0.3, 0.4) is 0 Å². The summed E-state index contributed by atoms with van der Waals surface area (Å²) in [5.74, 6) is -2.73. The minimum Gasteiger partial charge on any atom is -0.481 e. The SMILES string of the molecule is NS(=O)(=O)c1ccc(OCC(=O)NCC(F)(F)F)c(F)c1. The summed E-state index contributed by atoms with van der Waals surface area (Å²) in [7, 11) is -4.10. The summed E-state index contributed by atoms with van der Waals surface area (Å²) in [6.45, 7) is -2.40. The number of hydrogen-bond donors (Lipinski definition) is 2. The monoisotopic (exact) mass is 330 g/mol. The van der Waals surface area contributed by atoms with Gasteiger partial charge in [0.25, 0.3) is 5.91 Å². The predicted octanol–water partition coefficient (Wildman–Crippen LogP) is 0.530. The van der Waals surface area contributed by atoms with Gasteiger partial charge in [-0.05, 0) is 18.2 Å². The number of rotatable bonds is 5. The number of nitrogens with one attached hydrogen (secondary N) is 1. The lowest BCUT2D eigenvalue weighted by Gasteiger charge is -2.10. The molecular formula is C10H10F4N2O4S. The van der Waals surface area contributed by atoms with Crippen LogP contribution in [0.1, 0.15) is 0 Å². The molecule has 118 valence electrons. The summed E-state index contributed by atoms with van der Waals surface area (Å²) in [5.41, 5.74) is 0. The molecule has 0 aliphatic rings. The number of hydrogen-bond acceptors (Lipinski definition) is 4. The Bertz CT molecular complexity index is 630. The van der Waals surface area contributed by atoms with Crippen molar-refractivity contribution < 1.29 is 35.5 Å². The highest BCUT2D eigenvalue weighted by atomic mass is 32.2. The molecule has 0 heterocycles. The Morgan fingerprint density at radius 1 is 1.33 bits per heavy atom. The summed E-state index contributed by atoms with van der Waals surface area (Å²) in [6, 6.07) is 2.39. The first-order valence-corrected chi connectivity index (χ1v) is 6.82. The van der Waals surface area contributed by atoms with E-state index in [0.717, 1.165) is 12.1 Å². The van der Waals surface area contributed by atoms with E-state index in [4.69, 9.17) is 5.14 Å². The average Bonchev–Trinajstić information content (AvgIpc) is 2.32. The van der Waals surface area contributed by atoms with Crippen LogP contribution in [0, 0.1) is 5.82 Å². The summed E-state index contributed by atoms with van der Waals surface area (Å²) >= 11 is 0. The molecule has 0 aliphatic carbocycles. The van der Waals surface area contributed by atoms with E-state index in [0.29, 0.717) is 6.07 Å². The van der Waals surface area contributed by atoms with Gasteiger partial charge in [0.1, 0.15) is 6.54 Å². The van der Waals surface area contributed by atoms with Crippen molar-refractivity contribution in [2.75, 3.05) is 13.2 Å². The smallest absolute Gasteiger partial charge is 0.405 e. The Hall–Kier alpha value is -1.88. The molecular weight excluding hydrogens is 320 g/mol. The first-order valence-electron chi connectivity index (χ1n) is 5.27. The van der Waals surface area contributed by atoms with Crippen LogP contribution in [0.2, 0.25) is 0 Å². The number of carbonyl (C=O) groups excluding carboxylic acids is 1. The van der Waals surface area contributed by atoms with Gasteiger partial charge in [-0.15, -0.1) is 0 Å². The van der Waals surface area contributed by atoms with Gasteiger partial charge in [-0.1, -0.05) is 0 Å². The maximum absolute atomic E-state index is 13.4. The Balaban J connectivity index is 2.63. The normalized spacial score (nSPS) is 12.0. The molecule has 0 saturated carbocycles. The molecule has 0 bridgehead atoms. The van der Waals surface area contributed by atoms with E-state index < -0.39 is 51.7 Å². The van der Waals surface area contributed by atoms with E-state index in [9.17, 15) is 30.8 Å². The number of nitrogens with two attached hydrogens (primary N) is 1. The summed E-state index contributed by atoms with van der Waals surface area (Å²) in [4.78, 5) is 10.5. The summed E-state index contributed by atoms with van der Waals surface area (Å²) in [5, 5.41) is 6.29. The fourth-order valence-corrected chi connectivity index (χ4v) is 1.69. The molecule has 0 saturated heterocycles.